The van der Waals surface area contributed by atoms with Crippen molar-refractivity contribution >= 4 is 12.4 Å². The number of nitrogens with one attached hydrogen (secondary N) is 1. The van der Waals surface area contributed by atoms with Crippen LogP contribution in [0.25, 0.3) is 0 Å². The van der Waals surface area contributed by atoms with Gasteiger partial charge in [0.2, 0.25) is 0 Å². The van der Waals surface area contributed by atoms with Crippen LogP contribution in [0, 0.1) is 0 Å². The Morgan fingerprint density at radius 2 is 2.05 bits per heavy atom. The number of alkyl carbamates (subject to hydrolysis) is 1. The molecule has 0 radical (unpaired) electrons. The molecule has 5 heteroatoms. The number of amides is 1. The maximum Gasteiger partial charge on any atom is 0.408 e. The summed E-state index contributed by atoms with van der Waals surface area (Å²) in [6.45, 7) is 9.34. The predicted molar refractivity (Wildman–Crippen MR) is 78.4 cm³/mol. The molecule has 0 aliphatic heterocycles. The average molecular weight is 280 g/mol. The molecule has 0 fully saturated rings. The van der Waals surface area contributed by atoms with E-state index in [0.29, 0.717) is 5.69 Å². The average Bonchev–Trinajstić information content (AvgIpc) is 2.39. The molecule has 20 heavy (non-hydrogen) atoms. The molecule has 0 saturated heterocycles. The van der Waals surface area contributed by atoms with Gasteiger partial charge in [-0.15, -0.1) is 0 Å². The summed E-state index contributed by atoms with van der Waals surface area (Å²) in [7, 11) is 0. The van der Waals surface area contributed by atoms with Crippen LogP contribution in [0.1, 0.15) is 52.8 Å². The minimum absolute atomic E-state index is 0.163. The number of nitrogens with zero attached hydrogens (tertiary/aromatic N) is 1. The minimum Gasteiger partial charge on any atom is -0.444 e. The van der Waals surface area contributed by atoms with Crippen molar-refractivity contribution in [3.8, 4) is 0 Å². The van der Waals surface area contributed by atoms with Crippen molar-refractivity contribution in [3.63, 3.8) is 0 Å². The highest BCUT2D eigenvalue weighted by Gasteiger charge is 2.20. The number of carbonyl (C=O) groups excluding carboxylic acids is 2. The summed E-state index contributed by atoms with van der Waals surface area (Å²) < 4.78 is 5.14. The summed E-state index contributed by atoms with van der Waals surface area (Å²) in [4.78, 5) is 26.4. The lowest BCUT2D eigenvalue weighted by Gasteiger charge is -2.22. The first kappa shape index (κ1) is 18.1. The van der Waals surface area contributed by atoms with E-state index >= 15 is 0 Å². The number of hydrogen-bond acceptors (Lipinski definition) is 4. The van der Waals surface area contributed by atoms with E-state index in [9.17, 15) is 9.59 Å². The van der Waals surface area contributed by atoms with Crippen LogP contribution >= 0.6 is 0 Å². The van der Waals surface area contributed by atoms with Gasteiger partial charge in [0.05, 0.1) is 11.7 Å². The van der Waals surface area contributed by atoms with Gasteiger partial charge in [0, 0.05) is 12.6 Å². The third kappa shape index (κ3) is 7.51. The molecule has 0 aromatic carbocycles. The molecule has 1 atom stereocenters. The summed E-state index contributed by atoms with van der Waals surface area (Å²) in [6.07, 6.45) is 1.97. The minimum atomic E-state index is -0.570. The van der Waals surface area contributed by atoms with Gasteiger partial charge in [-0.3, -0.25) is 4.98 Å². The maximum absolute atomic E-state index is 11.6. The second kappa shape index (κ2) is 9.07. The summed E-state index contributed by atoms with van der Waals surface area (Å²) in [5, 5.41) is 2.64. The van der Waals surface area contributed by atoms with Crippen LogP contribution in [0.4, 0.5) is 4.79 Å². The quantitative estimate of drug-likeness (QED) is 0.859. The third-order valence-electron chi connectivity index (χ3n) is 2.07. The Morgan fingerprint density at radius 3 is 2.50 bits per heavy atom. The first-order valence-corrected chi connectivity index (χ1v) is 6.76. The van der Waals surface area contributed by atoms with Gasteiger partial charge in [-0.1, -0.05) is 19.9 Å². The van der Waals surface area contributed by atoms with Gasteiger partial charge < -0.3 is 14.8 Å². The van der Waals surface area contributed by atoms with Gasteiger partial charge in [0.1, 0.15) is 11.9 Å². The number of rotatable bonds is 4. The van der Waals surface area contributed by atoms with Gasteiger partial charge >= 0.3 is 6.09 Å². The van der Waals surface area contributed by atoms with Crippen molar-refractivity contribution in [1.82, 2.24) is 10.3 Å². The van der Waals surface area contributed by atoms with Crippen molar-refractivity contribution in [2.75, 3.05) is 0 Å². The topological polar surface area (TPSA) is 68.3 Å². The van der Waals surface area contributed by atoms with Crippen LogP contribution in [0.5, 0.6) is 0 Å². The highest BCUT2D eigenvalue weighted by molar-refractivity contribution is 5.69. The molecule has 0 aliphatic carbocycles. The molecule has 1 aromatic rings. The van der Waals surface area contributed by atoms with E-state index < -0.39 is 17.7 Å². The fourth-order valence-corrected chi connectivity index (χ4v) is 1.38. The van der Waals surface area contributed by atoms with Crippen LogP contribution < -0.4 is 5.32 Å². The zero-order chi connectivity index (χ0) is 15.6. The fraction of sp³-hybridized carbons (Fsp3) is 0.533. The maximum atomic E-state index is 11.6. The van der Waals surface area contributed by atoms with Gasteiger partial charge in [0.15, 0.2) is 0 Å². The van der Waals surface area contributed by atoms with Crippen molar-refractivity contribution in [2.45, 2.75) is 52.7 Å². The number of hydrogen-bond donors (Lipinski definition) is 1. The second-order valence-electron chi connectivity index (χ2n) is 4.86. The molecule has 1 unspecified atom stereocenters. The van der Waals surface area contributed by atoms with Crippen molar-refractivity contribution < 1.29 is 14.3 Å². The Hall–Kier alpha value is -1.91. The molecule has 1 N–H and O–H groups in total. The van der Waals surface area contributed by atoms with Gasteiger partial charge in [-0.05, 0) is 32.9 Å². The smallest absolute Gasteiger partial charge is 0.408 e. The largest absolute Gasteiger partial charge is 0.444 e. The van der Waals surface area contributed by atoms with E-state index in [1.807, 2.05) is 13.8 Å². The Bertz CT molecular complexity index is 399. The third-order valence-corrected chi connectivity index (χ3v) is 2.07. The lowest BCUT2D eigenvalue weighted by Crippen LogP contribution is -2.35. The number of aromatic nitrogens is 1. The predicted octanol–water partition coefficient (Wildman–Crippen LogP) is 3.26. The van der Waals surface area contributed by atoms with Crippen molar-refractivity contribution in [3.05, 3.63) is 30.1 Å². The van der Waals surface area contributed by atoms with E-state index in [2.05, 4.69) is 10.3 Å². The Labute approximate surface area is 120 Å². The Morgan fingerprint density at radius 1 is 1.40 bits per heavy atom. The zero-order valence-corrected chi connectivity index (χ0v) is 12.8. The standard InChI is InChI=1S/C13H18N2O3.C2H6/c1-13(2,3)18-12(17)15-11(7-9-16)10-6-4-5-8-14-10;1-2/h4-6,8-9,11H,7H2,1-3H3,(H,15,17);1-2H3. The number of aldehydes is 1. The number of pyridine rings is 1. The zero-order valence-electron chi connectivity index (χ0n) is 12.8. The summed E-state index contributed by atoms with van der Waals surface area (Å²) >= 11 is 0. The Balaban J connectivity index is 0.00000172. The first-order valence-electron chi connectivity index (χ1n) is 6.76. The van der Waals surface area contributed by atoms with E-state index in [1.165, 1.54) is 0 Å². The molecule has 0 spiro atoms. The molecular weight excluding hydrogens is 256 g/mol. The van der Waals surface area contributed by atoms with Crippen LogP contribution in [0.2, 0.25) is 0 Å². The summed E-state index contributed by atoms with van der Waals surface area (Å²) in [6, 6.07) is 4.87. The van der Waals surface area contributed by atoms with Crippen molar-refractivity contribution in [1.29, 1.82) is 0 Å². The normalized spacial score (nSPS) is 11.7. The van der Waals surface area contributed by atoms with E-state index in [-0.39, 0.29) is 6.42 Å². The molecule has 1 rings (SSSR count). The lowest BCUT2D eigenvalue weighted by molar-refractivity contribution is -0.108. The van der Waals surface area contributed by atoms with Gasteiger partial charge in [-0.2, -0.15) is 0 Å². The van der Waals surface area contributed by atoms with Crippen LogP contribution in [0.15, 0.2) is 24.4 Å². The van der Waals surface area contributed by atoms with Gasteiger partial charge in [0.25, 0.3) is 0 Å². The molecule has 1 amide bonds. The molecule has 5 nitrogen and oxygen atoms in total. The molecule has 0 saturated carbocycles. The molecule has 112 valence electrons. The highest BCUT2D eigenvalue weighted by Crippen LogP contribution is 2.14. The monoisotopic (exact) mass is 280 g/mol. The van der Waals surface area contributed by atoms with Crippen LogP contribution in [0.3, 0.4) is 0 Å². The lowest BCUT2D eigenvalue weighted by atomic mass is 10.1. The molecule has 0 aliphatic rings. The molecule has 1 aromatic heterocycles. The summed E-state index contributed by atoms with van der Waals surface area (Å²) in [5.41, 5.74) is 0.0652. The first-order chi connectivity index (χ1) is 9.42. The highest BCUT2D eigenvalue weighted by atomic mass is 16.6. The SMILES string of the molecule is CC.CC(C)(C)OC(=O)NC(CC=O)c1ccccn1. The van der Waals surface area contributed by atoms with E-state index in [4.69, 9.17) is 4.74 Å². The Kier molecular flexibility index (Phi) is 8.20. The van der Waals surface area contributed by atoms with E-state index in [0.717, 1.165) is 6.29 Å². The second-order valence-corrected chi connectivity index (χ2v) is 4.86. The molecule has 1 heterocycles. The summed E-state index contributed by atoms with van der Waals surface area (Å²) in [5.74, 6) is 0. The van der Waals surface area contributed by atoms with Gasteiger partial charge in [-0.25, -0.2) is 4.79 Å². The fourth-order valence-electron chi connectivity index (χ4n) is 1.38. The molecule has 0 bridgehead atoms. The molecular formula is C15H24N2O3. The van der Waals surface area contributed by atoms with Crippen LogP contribution in [-0.4, -0.2) is 23.0 Å². The number of ether oxygens (including phenoxy) is 1. The number of carbonyl (C=O) groups is 2. The van der Waals surface area contributed by atoms with Crippen LogP contribution in [-0.2, 0) is 9.53 Å². The van der Waals surface area contributed by atoms with E-state index in [1.54, 1.807) is 45.2 Å². The van der Waals surface area contributed by atoms with Crippen molar-refractivity contribution in [2.24, 2.45) is 0 Å².